The number of rotatable bonds is 2. The van der Waals surface area contributed by atoms with E-state index in [4.69, 9.17) is 17.3 Å². The molecule has 1 aromatic carbocycles. The van der Waals surface area contributed by atoms with E-state index in [0.717, 1.165) is 23.5 Å². The molecule has 0 radical (unpaired) electrons. The van der Waals surface area contributed by atoms with Gasteiger partial charge in [-0.15, -0.1) is 0 Å². The Labute approximate surface area is 112 Å². The Morgan fingerprint density at radius 3 is 2.83 bits per heavy atom. The normalized spacial score (nSPS) is 15.7. The monoisotopic (exact) mass is 267 g/mol. The summed E-state index contributed by atoms with van der Waals surface area (Å²) in [4.78, 5) is 15.8. The van der Waals surface area contributed by atoms with Crippen molar-refractivity contribution in [2.45, 2.75) is 13.3 Å². The molecule has 0 spiro atoms. The largest absolute Gasteiger partial charge is 0.368 e. The first-order valence-corrected chi connectivity index (χ1v) is 6.44. The number of carbonyl (C=O) groups excluding carboxylic acids is 1. The van der Waals surface area contributed by atoms with Gasteiger partial charge in [-0.1, -0.05) is 11.6 Å². The summed E-state index contributed by atoms with van der Waals surface area (Å²) >= 11 is 6.29. The molecule has 0 unspecified atom stereocenters. The van der Waals surface area contributed by atoms with Crippen LogP contribution < -0.4 is 15.5 Å². The first kappa shape index (κ1) is 13.2. The van der Waals surface area contributed by atoms with Crippen LogP contribution >= 0.6 is 11.6 Å². The third-order valence-electron chi connectivity index (χ3n) is 3.23. The van der Waals surface area contributed by atoms with Crippen molar-refractivity contribution in [2.24, 2.45) is 5.73 Å². The van der Waals surface area contributed by atoms with Crippen molar-refractivity contribution in [1.82, 2.24) is 0 Å². The first-order valence-electron chi connectivity index (χ1n) is 6.06. The van der Waals surface area contributed by atoms with Crippen LogP contribution in [0.3, 0.4) is 0 Å². The molecule has 4 nitrogen and oxygen atoms in total. The Morgan fingerprint density at radius 2 is 2.17 bits per heavy atom. The fourth-order valence-corrected chi connectivity index (χ4v) is 2.72. The minimum atomic E-state index is 0.0847. The number of carbonyl (C=O) groups is 1. The molecule has 2 rings (SSSR count). The molecule has 0 aliphatic carbocycles. The maximum absolute atomic E-state index is 12.0. The van der Waals surface area contributed by atoms with Gasteiger partial charge in [0.2, 0.25) is 5.91 Å². The summed E-state index contributed by atoms with van der Waals surface area (Å²) in [7, 11) is 1.77. The Hall–Kier alpha value is -1.26. The van der Waals surface area contributed by atoms with E-state index < -0.39 is 0 Å². The number of benzene rings is 1. The molecule has 1 amide bonds. The highest BCUT2D eigenvalue weighted by Crippen LogP contribution is 2.39. The van der Waals surface area contributed by atoms with Crippen LogP contribution in [0.1, 0.15) is 12.0 Å². The molecule has 0 aromatic heterocycles. The number of amides is 1. The zero-order valence-electron chi connectivity index (χ0n) is 10.7. The first-order chi connectivity index (χ1) is 8.54. The van der Waals surface area contributed by atoms with E-state index in [0.29, 0.717) is 24.5 Å². The lowest BCUT2D eigenvalue weighted by atomic mass is 10.1. The molecular weight excluding hydrogens is 250 g/mol. The summed E-state index contributed by atoms with van der Waals surface area (Å²) < 4.78 is 0. The van der Waals surface area contributed by atoms with Gasteiger partial charge in [-0.25, -0.2) is 0 Å². The number of nitrogens with zero attached hydrogens (tertiary/aromatic N) is 2. The molecule has 2 N–H and O–H groups in total. The van der Waals surface area contributed by atoms with Gasteiger partial charge in [0.25, 0.3) is 0 Å². The molecule has 1 aliphatic heterocycles. The van der Waals surface area contributed by atoms with Gasteiger partial charge < -0.3 is 15.5 Å². The number of fused-ring (bicyclic) bond motifs is 1. The molecule has 0 bridgehead atoms. The SMILES string of the molecule is Cc1cc(Cl)c2c(c1)N(CCN)CCC(=O)N2C. The van der Waals surface area contributed by atoms with Crippen LogP contribution in [-0.2, 0) is 4.79 Å². The summed E-state index contributed by atoms with van der Waals surface area (Å²) in [5, 5.41) is 0.616. The fraction of sp³-hybridized carbons (Fsp3) is 0.462. The lowest BCUT2D eigenvalue weighted by Gasteiger charge is -2.26. The van der Waals surface area contributed by atoms with Crippen molar-refractivity contribution in [2.75, 3.05) is 36.5 Å². The number of aryl methyl sites for hydroxylation is 1. The molecule has 98 valence electrons. The fourth-order valence-electron chi connectivity index (χ4n) is 2.32. The van der Waals surface area contributed by atoms with Gasteiger partial charge in [-0.3, -0.25) is 4.79 Å². The van der Waals surface area contributed by atoms with E-state index in [-0.39, 0.29) is 5.91 Å². The van der Waals surface area contributed by atoms with Crippen LogP contribution in [-0.4, -0.2) is 32.6 Å². The minimum Gasteiger partial charge on any atom is -0.368 e. The van der Waals surface area contributed by atoms with Crippen molar-refractivity contribution >= 4 is 28.9 Å². The number of nitrogens with two attached hydrogens (primary N) is 1. The van der Waals surface area contributed by atoms with E-state index in [1.54, 1.807) is 11.9 Å². The molecule has 0 saturated heterocycles. The number of hydrogen-bond acceptors (Lipinski definition) is 3. The maximum Gasteiger partial charge on any atom is 0.228 e. The summed E-state index contributed by atoms with van der Waals surface area (Å²) in [6.07, 6.45) is 0.487. The predicted molar refractivity (Wildman–Crippen MR) is 75.5 cm³/mol. The van der Waals surface area contributed by atoms with Crippen molar-refractivity contribution in [3.05, 3.63) is 22.7 Å². The summed E-state index contributed by atoms with van der Waals surface area (Å²) in [6.45, 7) is 3.98. The van der Waals surface area contributed by atoms with Crippen molar-refractivity contribution in [3.8, 4) is 0 Å². The smallest absolute Gasteiger partial charge is 0.228 e. The Balaban J connectivity index is 2.57. The van der Waals surface area contributed by atoms with Gasteiger partial charge >= 0.3 is 0 Å². The standard InChI is InChI=1S/C13H18ClN3O/c1-9-7-10(14)13-11(8-9)17(6-4-15)5-3-12(18)16(13)2/h7-8H,3-6,15H2,1-2H3. The zero-order chi connectivity index (χ0) is 13.3. The average Bonchev–Trinajstić information content (AvgIpc) is 2.42. The third kappa shape index (κ3) is 2.31. The highest BCUT2D eigenvalue weighted by atomic mass is 35.5. The van der Waals surface area contributed by atoms with E-state index in [1.165, 1.54) is 0 Å². The van der Waals surface area contributed by atoms with Gasteiger partial charge in [-0.2, -0.15) is 0 Å². The second-order valence-corrected chi connectivity index (χ2v) is 5.00. The number of hydrogen-bond donors (Lipinski definition) is 1. The van der Waals surface area contributed by atoms with E-state index >= 15 is 0 Å². The Morgan fingerprint density at radius 1 is 1.44 bits per heavy atom. The second-order valence-electron chi connectivity index (χ2n) is 4.59. The molecule has 0 saturated carbocycles. The van der Waals surface area contributed by atoms with E-state index in [9.17, 15) is 4.79 Å². The quantitative estimate of drug-likeness (QED) is 0.889. The van der Waals surface area contributed by atoms with Crippen molar-refractivity contribution < 1.29 is 4.79 Å². The van der Waals surface area contributed by atoms with Crippen LogP contribution in [0.5, 0.6) is 0 Å². The lowest BCUT2D eigenvalue weighted by Crippen LogP contribution is -2.30. The molecule has 18 heavy (non-hydrogen) atoms. The van der Waals surface area contributed by atoms with Gasteiger partial charge in [0.1, 0.15) is 0 Å². The number of anilines is 2. The predicted octanol–water partition coefficient (Wildman–Crippen LogP) is 1.78. The Bertz CT molecular complexity index is 476. The zero-order valence-corrected chi connectivity index (χ0v) is 11.5. The van der Waals surface area contributed by atoms with E-state index in [2.05, 4.69) is 11.0 Å². The average molecular weight is 268 g/mol. The van der Waals surface area contributed by atoms with Crippen molar-refractivity contribution in [1.29, 1.82) is 0 Å². The van der Waals surface area contributed by atoms with Gasteiger partial charge in [0, 0.05) is 33.1 Å². The van der Waals surface area contributed by atoms with Gasteiger partial charge in [0.15, 0.2) is 0 Å². The minimum absolute atomic E-state index is 0.0847. The molecule has 1 heterocycles. The van der Waals surface area contributed by atoms with Gasteiger partial charge in [-0.05, 0) is 24.6 Å². The second kappa shape index (κ2) is 5.16. The number of halogens is 1. The highest BCUT2D eigenvalue weighted by molar-refractivity contribution is 6.34. The topological polar surface area (TPSA) is 49.6 Å². The summed E-state index contributed by atoms with van der Waals surface area (Å²) in [5.74, 6) is 0.0847. The van der Waals surface area contributed by atoms with Gasteiger partial charge in [0.05, 0.1) is 16.4 Å². The molecule has 1 aliphatic rings. The van der Waals surface area contributed by atoms with Crippen molar-refractivity contribution in [3.63, 3.8) is 0 Å². The third-order valence-corrected chi connectivity index (χ3v) is 3.52. The van der Waals surface area contributed by atoms with Crippen LogP contribution in [0.4, 0.5) is 11.4 Å². The summed E-state index contributed by atoms with van der Waals surface area (Å²) in [6, 6.07) is 3.95. The molecule has 1 aromatic rings. The lowest BCUT2D eigenvalue weighted by molar-refractivity contribution is -0.118. The van der Waals surface area contributed by atoms with Crippen LogP contribution in [0.2, 0.25) is 5.02 Å². The molecule has 0 fully saturated rings. The maximum atomic E-state index is 12.0. The van der Waals surface area contributed by atoms with Crippen LogP contribution in [0, 0.1) is 6.92 Å². The van der Waals surface area contributed by atoms with Crippen LogP contribution in [0.25, 0.3) is 0 Å². The van der Waals surface area contributed by atoms with Crippen LogP contribution in [0.15, 0.2) is 12.1 Å². The highest BCUT2D eigenvalue weighted by Gasteiger charge is 2.25. The molecular formula is C13H18ClN3O. The molecule has 0 atom stereocenters. The van der Waals surface area contributed by atoms with E-state index in [1.807, 2.05) is 13.0 Å². The molecule has 5 heteroatoms. The Kier molecular flexibility index (Phi) is 3.78. The summed E-state index contributed by atoms with van der Waals surface area (Å²) in [5.41, 5.74) is 8.52.